The van der Waals surface area contributed by atoms with Crippen molar-refractivity contribution in [3.63, 3.8) is 0 Å². The summed E-state index contributed by atoms with van der Waals surface area (Å²) in [4.78, 5) is 12.6. The molecule has 0 radical (unpaired) electrons. The molecule has 1 fully saturated rings. The van der Waals surface area contributed by atoms with Crippen LogP contribution >= 0.6 is 0 Å². The SMILES string of the molecule is C=S(=O)(Nc1cc(-c2cc(OC3CCC(F)(F)CC3)c3nc(N)nc(C)c3c2)cnc1OC)c1ccc(F)cc1F. The van der Waals surface area contributed by atoms with Crippen molar-refractivity contribution < 1.29 is 31.2 Å². The number of benzene rings is 2. The third-order valence-electron chi connectivity index (χ3n) is 6.83. The molecule has 1 unspecified atom stereocenters. The van der Waals surface area contributed by atoms with Crippen LogP contribution in [0.25, 0.3) is 22.0 Å². The second-order valence-electron chi connectivity index (χ2n) is 9.84. The van der Waals surface area contributed by atoms with E-state index in [1.807, 2.05) is 0 Å². The highest BCUT2D eigenvalue weighted by atomic mass is 32.2. The fourth-order valence-corrected chi connectivity index (χ4v) is 6.03. The minimum absolute atomic E-state index is 0.0404. The molecule has 2 heterocycles. The van der Waals surface area contributed by atoms with Crippen LogP contribution < -0.4 is 19.9 Å². The zero-order chi connectivity index (χ0) is 29.5. The van der Waals surface area contributed by atoms with Gasteiger partial charge in [-0.25, -0.2) is 36.7 Å². The highest BCUT2D eigenvalue weighted by Gasteiger charge is 2.36. The molecule has 5 rings (SSSR count). The average molecular weight is 590 g/mol. The van der Waals surface area contributed by atoms with Gasteiger partial charge in [-0.05, 0) is 61.5 Å². The molecule has 1 saturated carbocycles. The van der Waals surface area contributed by atoms with E-state index in [4.69, 9.17) is 15.2 Å². The molecule has 0 bridgehead atoms. The first-order valence-corrected chi connectivity index (χ1v) is 14.3. The van der Waals surface area contributed by atoms with E-state index in [1.54, 1.807) is 25.1 Å². The number of aromatic nitrogens is 3. The molecule has 4 aromatic rings. The van der Waals surface area contributed by atoms with E-state index in [-0.39, 0.29) is 48.1 Å². The van der Waals surface area contributed by atoms with Crippen molar-refractivity contribution in [1.29, 1.82) is 0 Å². The number of rotatable bonds is 7. The number of alkyl halides is 2. The van der Waals surface area contributed by atoms with Crippen molar-refractivity contribution in [3.05, 3.63) is 59.9 Å². The van der Waals surface area contributed by atoms with Gasteiger partial charge < -0.3 is 19.9 Å². The fourth-order valence-electron chi connectivity index (χ4n) is 4.76. The minimum Gasteiger partial charge on any atom is -0.488 e. The number of nitrogens with zero attached hydrogens (tertiary/aromatic N) is 3. The maximum absolute atomic E-state index is 14.4. The quantitative estimate of drug-likeness (QED) is 0.203. The summed E-state index contributed by atoms with van der Waals surface area (Å²) in [6.07, 6.45) is 0.858. The van der Waals surface area contributed by atoms with Gasteiger partial charge in [0.2, 0.25) is 17.8 Å². The van der Waals surface area contributed by atoms with Gasteiger partial charge in [-0.1, -0.05) is 0 Å². The van der Waals surface area contributed by atoms with Crippen molar-refractivity contribution in [3.8, 4) is 22.8 Å². The number of aryl methyl sites for hydroxylation is 1. The summed E-state index contributed by atoms with van der Waals surface area (Å²) in [5.41, 5.74) is 8.14. The van der Waals surface area contributed by atoms with Gasteiger partial charge in [0.15, 0.2) is 0 Å². The third kappa shape index (κ3) is 5.99. The first-order chi connectivity index (χ1) is 19.3. The normalized spacial score (nSPS) is 16.7. The van der Waals surface area contributed by atoms with Crippen LogP contribution in [0.3, 0.4) is 0 Å². The fraction of sp³-hybridized carbons (Fsp3) is 0.286. The van der Waals surface area contributed by atoms with Crippen molar-refractivity contribution in [1.82, 2.24) is 15.0 Å². The standard InChI is InChI=1S/C28H27F4N5O3S/c1-15-20-10-16(12-23(25(20)36-27(33)35-15)40-19-6-8-28(31,32)9-7-19)17-11-22(26(39-2)34-14-17)37-41(3,38)24-5-4-18(29)13-21(24)30/h4-5,10-14,19H,3,6-9H2,1-2H3,(H,37,38)(H2,33,35,36). The molecule has 1 aliphatic rings. The van der Waals surface area contributed by atoms with E-state index in [0.29, 0.717) is 39.5 Å². The predicted octanol–water partition coefficient (Wildman–Crippen LogP) is 5.93. The minimum atomic E-state index is -3.51. The number of hydrogen-bond acceptors (Lipinski definition) is 7. The van der Waals surface area contributed by atoms with E-state index < -0.39 is 33.4 Å². The second kappa shape index (κ2) is 10.7. The van der Waals surface area contributed by atoms with E-state index in [9.17, 15) is 21.8 Å². The molecule has 2 aromatic carbocycles. The molecule has 0 aliphatic heterocycles. The molecule has 41 heavy (non-hydrogen) atoms. The van der Waals surface area contributed by atoms with Crippen molar-refractivity contribution in [2.24, 2.45) is 0 Å². The molecule has 0 saturated heterocycles. The summed E-state index contributed by atoms with van der Waals surface area (Å²) in [6, 6.07) is 7.72. The zero-order valence-corrected chi connectivity index (χ0v) is 23.0. The van der Waals surface area contributed by atoms with E-state index >= 15 is 0 Å². The first-order valence-electron chi connectivity index (χ1n) is 12.6. The van der Waals surface area contributed by atoms with Crippen LogP contribution in [0.2, 0.25) is 0 Å². The van der Waals surface area contributed by atoms with Gasteiger partial charge in [0, 0.05) is 36.1 Å². The number of hydrogen-bond donors (Lipinski definition) is 2. The largest absolute Gasteiger partial charge is 0.488 e. The van der Waals surface area contributed by atoms with Gasteiger partial charge in [0.1, 0.15) is 28.6 Å². The summed E-state index contributed by atoms with van der Waals surface area (Å²) in [5, 5.41) is 0.618. The lowest BCUT2D eigenvalue weighted by Gasteiger charge is -2.29. The Kier molecular flexibility index (Phi) is 7.41. The third-order valence-corrected chi connectivity index (χ3v) is 8.42. The molecule has 8 nitrogen and oxygen atoms in total. The molecular formula is C28H27F4N5O3S. The summed E-state index contributed by atoms with van der Waals surface area (Å²) in [7, 11) is -2.15. The topological polar surface area (TPSA) is 112 Å². The first kappa shape index (κ1) is 28.4. The summed E-state index contributed by atoms with van der Waals surface area (Å²) in [6.45, 7) is 1.75. The Morgan fingerprint density at radius 1 is 1.10 bits per heavy atom. The molecule has 216 valence electrons. The summed E-state index contributed by atoms with van der Waals surface area (Å²) < 4.78 is 83.0. The lowest BCUT2D eigenvalue weighted by atomic mass is 9.94. The second-order valence-corrected chi connectivity index (χ2v) is 11.8. The van der Waals surface area contributed by atoms with Gasteiger partial charge in [-0.15, -0.1) is 0 Å². The smallest absolute Gasteiger partial charge is 0.248 e. The van der Waals surface area contributed by atoms with Gasteiger partial charge in [-0.2, -0.15) is 0 Å². The number of anilines is 2. The van der Waals surface area contributed by atoms with Crippen molar-refractivity contribution in [2.75, 3.05) is 17.6 Å². The highest BCUT2D eigenvalue weighted by Crippen LogP contribution is 2.39. The molecule has 3 N–H and O–H groups in total. The van der Waals surface area contributed by atoms with E-state index in [2.05, 4.69) is 25.5 Å². The van der Waals surface area contributed by atoms with Crippen LogP contribution in [0.4, 0.5) is 29.2 Å². The predicted molar refractivity (Wildman–Crippen MR) is 150 cm³/mol. The number of methoxy groups -OCH3 is 1. The number of nitrogens with one attached hydrogen (secondary N) is 1. The number of ether oxygens (including phenoxy) is 2. The number of pyridine rings is 1. The van der Waals surface area contributed by atoms with Crippen molar-refractivity contribution in [2.45, 2.75) is 49.5 Å². The van der Waals surface area contributed by atoms with Gasteiger partial charge in [-0.3, -0.25) is 0 Å². The Bertz CT molecular complexity index is 1740. The maximum Gasteiger partial charge on any atom is 0.248 e. The van der Waals surface area contributed by atoms with E-state index in [0.717, 1.165) is 12.1 Å². The van der Waals surface area contributed by atoms with E-state index in [1.165, 1.54) is 13.3 Å². The molecule has 13 heteroatoms. The van der Waals surface area contributed by atoms with Crippen molar-refractivity contribution >= 4 is 38.1 Å². The molecule has 1 aliphatic carbocycles. The lowest BCUT2D eigenvalue weighted by molar-refractivity contribution is -0.0580. The monoisotopic (exact) mass is 589 g/mol. The van der Waals surface area contributed by atoms with Crippen LogP contribution in [0.5, 0.6) is 11.6 Å². The highest BCUT2D eigenvalue weighted by molar-refractivity contribution is 8.01. The van der Waals surface area contributed by atoms with Gasteiger partial charge in [0.05, 0.1) is 33.5 Å². The molecular weight excluding hydrogens is 562 g/mol. The zero-order valence-electron chi connectivity index (χ0n) is 22.2. The molecule has 1 atom stereocenters. The Balaban J connectivity index is 1.57. The van der Waals surface area contributed by atoms with Crippen LogP contribution in [0.1, 0.15) is 31.4 Å². The number of fused-ring (bicyclic) bond motifs is 1. The van der Waals surface area contributed by atoms with Gasteiger partial charge >= 0.3 is 0 Å². The number of nitrogen functional groups attached to an aromatic ring is 1. The van der Waals surface area contributed by atoms with Crippen LogP contribution in [0, 0.1) is 18.6 Å². The summed E-state index contributed by atoms with van der Waals surface area (Å²) >= 11 is 0. The maximum atomic E-state index is 14.4. The van der Waals surface area contributed by atoms with Gasteiger partial charge in [0.25, 0.3) is 0 Å². The Hall–Kier alpha value is -4.13. The number of halogens is 4. The van der Waals surface area contributed by atoms with Crippen LogP contribution in [-0.2, 0) is 9.71 Å². The Morgan fingerprint density at radius 3 is 2.51 bits per heavy atom. The lowest BCUT2D eigenvalue weighted by Crippen LogP contribution is -2.30. The molecule has 2 aromatic heterocycles. The number of nitrogens with two attached hydrogens (primary N) is 1. The van der Waals surface area contributed by atoms with Crippen LogP contribution in [0.15, 0.2) is 47.5 Å². The molecule has 0 amide bonds. The Labute approximate surface area is 234 Å². The molecule has 0 spiro atoms. The van der Waals surface area contributed by atoms with Crippen LogP contribution in [-0.4, -0.2) is 44.2 Å². The Morgan fingerprint density at radius 2 is 1.83 bits per heavy atom. The average Bonchev–Trinajstić information content (AvgIpc) is 2.89. The summed E-state index contributed by atoms with van der Waals surface area (Å²) in [5.74, 6) is -0.497.